The maximum absolute atomic E-state index is 9.30. The molecule has 0 aliphatic rings. The van der Waals surface area contributed by atoms with Gasteiger partial charge in [-0.15, -0.1) is 0 Å². The summed E-state index contributed by atoms with van der Waals surface area (Å²) in [5.74, 6) is 1.72. The number of aromatic hydroxyl groups is 1. The topological polar surface area (TPSA) is 38.7 Å². The van der Waals surface area contributed by atoms with Crippen molar-refractivity contribution < 1.29 is 14.6 Å². The van der Waals surface area contributed by atoms with Crippen LogP contribution < -0.4 is 9.47 Å². The van der Waals surface area contributed by atoms with Crippen molar-refractivity contribution >= 4 is 0 Å². The Hall–Kier alpha value is -2.16. The first kappa shape index (κ1) is 13.3. The standard InChI is InChI=1S/C16H18O3/c1-12-6-7-16(13(2)10-12)19-9-8-18-15-5-3-4-14(17)11-15/h3-7,10-11,17H,8-9H2,1-2H3. The number of ether oxygens (including phenoxy) is 2. The zero-order valence-corrected chi connectivity index (χ0v) is 11.2. The summed E-state index contributed by atoms with van der Waals surface area (Å²) in [6.07, 6.45) is 0. The molecule has 0 heterocycles. The molecule has 0 radical (unpaired) electrons. The van der Waals surface area contributed by atoms with Crippen LogP contribution in [-0.2, 0) is 0 Å². The Bertz CT molecular complexity index is 549. The molecule has 3 nitrogen and oxygen atoms in total. The van der Waals surface area contributed by atoms with Gasteiger partial charge in [-0.3, -0.25) is 0 Å². The van der Waals surface area contributed by atoms with E-state index < -0.39 is 0 Å². The number of hydrogen-bond donors (Lipinski definition) is 1. The van der Waals surface area contributed by atoms with Gasteiger partial charge in [0.25, 0.3) is 0 Å². The van der Waals surface area contributed by atoms with Crippen molar-refractivity contribution in [1.82, 2.24) is 0 Å². The highest BCUT2D eigenvalue weighted by Crippen LogP contribution is 2.19. The maximum Gasteiger partial charge on any atom is 0.123 e. The SMILES string of the molecule is Cc1ccc(OCCOc2cccc(O)c2)c(C)c1. The third-order valence-corrected chi connectivity index (χ3v) is 2.76. The van der Waals surface area contributed by atoms with Crippen molar-refractivity contribution in [3.63, 3.8) is 0 Å². The van der Waals surface area contributed by atoms with Crippen LogP contribution in [-0.4, -0.2) is 18.3 Å². The largest absolute Gasteiger partial charge is 0.508 e. The minimum Gasteiger partial charge on any atom is -0.508 e. The number of hydrogen-bond acceptors (Lipinski definition) is 3. The Labute approximate surface area is 113 Å². The Morgan fingerprint density at radius 1 is 0.947 bits per heavy atom. The van der Waals surface area contributed by atoms with Crippen molar-refractivity contribution in [3.8, 4) is 17.2 Å². The molecule has 0 saturated heterocycles. The predicted octanol–water partition coefficient (Wildman–Crippen LogP) is 3.47. The van der Waals surface area contributed by atoms with Crippen molar-refractivity contribution in [2.45, 2.75) is 13.8 Å². The van der Waals surface area contributed by atoms with Crippen LogP contribution in [0.1, 0.15) is 11.1 Å². The van der Waals surface area contributed by atoms with Crippen molar-refractivity contribution in [3.05, 3.63) is 53.6 Å². The Morgan fingerprint density at radius 3 is 2.47 bits per heavy atom. The highest BCUT2D eigenvalue weighted by atomic mass is 16.5. The van der Waals surface area contributed by atoms with Crippen LogP contribution >= 0.6 is 0 Å². The van der Waals surface area contributed by atoms with Crippen LogP contribution in [0.25, 0.3) is 0 Å². The number of benzene rings is 2. The third kappa shape index (κ3) is 3.91. The fourth-order valence-electron chi connectivity index (χ4n) is 1.85. The van der Waals surface area contributed by atoms with Gasteiger partial charge in [0, 0.05) is 6.07 Å². The third-order valence-electron chi connectivity index (χ3n) is 2.76. The average Bonchev–Trinajstić information content (AvgIpc) is 2.37. The first-order valence-electron chi connectivity index (χ1n) is 6.27. The predicted molar refractivity (Wildman–Crippen MR) is 75.0 cm³/mol. The van der Waals surface area contributed by atoms with Crippen LogP contribution in [0.4, 0.5) is 0 Å². The summed E-state index contributed by atoms with van der Waals surface area (Å²) in [5.41, 5.74) is 2.35. The van der Waals surface area contributed by atoms with Gasteiger partial charge in [0.1, 0.15) is 30.5 Å². The molecule has 0 saturated carbocycles. The Kier molecular flexibility index (Phi) is 4.29. The van der Waals surface area contributed by atoms with Gasteiger partial charge >= 0.3 is 0 Å². The highest BCUT2D eigenvalue weighted by Gasteiger charge is 2.00. The fraction of sp³-hybridized carbons (Fsp3) is 0.250. The summed E-state index contributed by atoms with van der Waals surface area (Å²) in [6, 6.07) is 12.8. The van der Waals surface area contributed by atoms with Gasteiger partial charge in [-0.05, 0) is 37.6 Å². The molecular formula is C16H18O3. The van der Waals surface area contributed by atoms with E-state index in [0.717, 1.165) is 11.3 Å². The smallest absolute Gasteiger partial charge is 0.123 e. The molecule has 100 valence electrons. The van der Waals surface area contributed by atoms with E-state index in [2.05, 4.69) is 13.0 Å². The summed E-state index contributed by atoms with van der Waals surface area (Å²) < 4.78 is 11.1. The molecule has 3 heteroatoms. The molecule has 0 atom stereocenters. The normalized spacial score (nSPS) is 10.2. The zero-order valence-electron chi connectivity index (χ0n) is 11.2. The molecule has 0 bridgehead atoms. The zero-order chi connectivity index (χ0) is 13.7. The molecule has 0 fully saturated rings. The van der Waals surface area contributed by atoms with Gasteiger partial charge in [0.15, 0.2) is 0 Å². The van der Waals surface area contributed by atoms with Gasteiger partial charge < -0.3 is 14.6 Å². The Balaban J connectivity index is 1.81. The second-order valence-corrected chi connectivity index (χ2v) is 4.46. The van der Waals surface area contributed by atoms with Crippen molar-refractivity contribution in [2.24, 2.45) is 0 Å². The van der Waals surface area contributed by atoms with Crippen LogP contribution in [0.2, 0.25) is 0 Å². The van der Waals surface area contributed by atoms with Crippen molar-refractivity contribution in [2.75, 3.05) is 13.2 Å². The molecule has 2 rings (SSSR count). The minimum atomic E-state index is 0.202. The maximum atomic E-state index is 9.30. The van der Waals surface area contributed by atoms with Crippen molar-refractivity contribution in [1.29, 1.82) is 0 Å². The molecular weight excluding hydrogens is 240 g/mol. The molecule has 0 spiro atoms. The summed E-state index contributed by atoms with van der Waals surface area (Å²) in [6.45, 7) is 5.00. The van der Waals surface area contributed by atoms with Gasteiger partial charge in [0.2, 0.25) is 0 Å². The lowest BCUT2D eigenvalue weighted by atomic mass is 10.1. The molecule has 2 aromatic rings. The number of aryl methyl sites for hydroxylation is 2. The van der Waals surface area contributed by atoms with E-state index in [0.29, 0.717) is 19.0 Å². The van der Waals surface area contributed by atoms with E-state index in [1.807, 2.05) is 19.1 Å². The molecule has 19 heavy (non-hydrogen) atoms. The summed E-state index contributed by atoms with van der Waals surface area (Å²) in [7, 11) is 0. The second kappa shape index (κ2) is 6.14. The molecule has 1 N–H and O–H groups in total. The second-order valence-electron chi connectivity index (χ2n) is 4.46. The van der Waals surface area contributed by atoms with Crippen LogP contribution in [0, 0.1) is 13.8 Å². The first-order valence-corrected chi connectivity index (χ1v) is 6.27. The first-order chi connectivity index (χ1) is 9.15. The van der Waals surface area contributed by atoms with E-state index in [4.69, 9.17) is 9.47 Å². The monoisotopic (exact) mass is 258 g/mol. The average molecular weight is 258 g/mol. The van der Waals surface area contributed by atoms with Gasteiger partial charge in [-0.2, -0.15) is 0 Å². The van der Waals surface area contributed by atoms with E-state index in [1.165, 1.54) is 5.56 Å². The van der Waals surface area contributed by atoms with E-state index in [9.17, 15) is 5.11 Å². The molecule has 0 aliphatic heterocycles. The Morgan fingerprint density at radius 2 is 1.74 bits per heavy atom. The van der Waals surface area contributed by atoms with Crippen LogP contribution in [0.5, 0.6) is 17.2 Å². The molecule has 0 amide bonds. The van der Waals surface area contributed by atoms with Gasteiger partial charge in [0.05, 0.1) is 0 Å². The van der Waals surface area contributed by atoms with Crippen LogP contribution in [0.15, 0.2) is 42.5 Å². The number of rotatable bonds is 5. The van der Waals surface area contributed by atoms with E-state index >= 15 is 0 Å². The lowest BCUT2D eigenvalue weighted by molar-refractivity contribution is 0.216. The molecule has 0 aliphatic carbocycles. The highest BCUT2D eigenvalue weighted by molar-refractivity contribution is 5.35. The lowest BCUT2D eigenvalue weighted by Gasteiger charge is -2.11. The number of phenols is 1. The molecule has 2 aromatic carbocycles. The van der Waals surface area contributed by atoms with Gasteiger partial charge in [-0.1, -0.05) is 23.8 Å². The quantitative estimate of drug-likeness (QED) is 0.835. The number of phenolic OH excluding ortho intramolecular Hbond substituents is 1. The summed E-state index contributed by atoms with van der Waals surface area (Å²) in [5, 5.41) is 9.30. The van der Waals surface area contributed by atoms with Gasteiger partial charge in [-0.25, -0.2) is 0 Å². The summed E-state index contributed by atoms with van der Waals surface area (Å²) in [4.78, 5) is 0. The van der Waals surface area contributed by atoms with Crippen LogP contribution in [0.3, 0.4) is 0 Å². The van der Waals surface area contributed by atoms with E-state index in [1.54, 1.807) is 24.3 Å². The minimum absolute atomic E-state index is 0.202. The summed E-state index contributed by atoms with van der Waals surface area (Å²) >= 11 is 0. The fourth-order valence-corrected chi connectivity index (χ4v) is 1.85. The van der Waals surface area contributed by atoms with E-state index in [-0.39, 0.29) is 5.75 Å². The molecule has 0 unspecified atom stereocenters. The molecule has 0 aromatic heterocycles. The lowest BCUT2D eigenvalue weighted by Crippen LogP contribution is -2.09.